The maximum Gasteiger partial charge on any atom is 0.243 e. The van der Waals surface area contributed by atoms with Crippen LogP contribution in [0.4, 0.5) is 0 Å². The Labute approximate surface area is 75.8 Å². The molecule has 0 N–H and O–H groups in total. The highest BCUT2D eigenvalue weighted by atomic mass is 16.6. The highest BCUT2D eigenvalue weighted by Crippen LogP contribution is 2.10. The minimum absolute atomic E-state index is 0.121. The number of aryl methyl sites for hydroxylation is 2. The number of rotatable bonds is 2. The summed E-state index contributed by atoms with van der Waals surface area (Å²) >= 11 is 0. The average Bonchev–Trinajstić information content (AvgIpc) is 2.30. The highest BCUT2D eigenvalue weighted by Gasteiger charge is 2.05. The van der Waals surface area contributed by atoms with E-state index in [9.17, 15) is 10.1 Å². The second-order valence-electron chi connectivity index (χ2n) is 2.89. The second-order valence-corrected chi connectivity index (χ2v) is 2.89. The van der Waals surface area contributed by atoms with Crippen LogP contribution in [-0.4, -0.2) is 14.7 Å². The third-order valence-electron chi connectivity index (χ3n) is 1.70. The lowest BCUT2D eigenvalue weighted by Crippen LogP contribution is -1.92. The maximum absolute atomic E-state index is 10.3. The molecule has 0 bridgehead atoms. The van der Waals surface area contributed by atoms with Crippen molar-refractivity contribution < 1.29 is 4.92 Å². The summed E-state index contributed by atoms with van der Waals surface area (Å²) in [7, 11) is 1.78. The Balaban J connectivity index is 3.03. The van der Waals surface area contributed by atoms with Crippen molar-refractivity contribution >= 4 is 6.08 Å². The molecule has 0 aliphatic carbocycles. The fraction of sp³-hybridized carbons (Fsp3) is 0.375. The van der Waals surface area contributed by atoms with Crippen molar-refractivity contribution in [2.24, 2.45) is 7.05 Å². The van der Waals surface area contributed by atoms with Gasteiger partial charge in [-0.1, -0.05) is 0 Å². The fourth-order valence-corrected chi connectivity index (χ4v) is 1.04. The Hall–Kier alpha value is -1.65. The van der Waals surface area contributed by atoms with E-state index in [0.717, 1.165) is 11.3 Å². The van der Waals surface area contributed by atoms with Crippen LogP contribution < -0.4 is 0 Å². The Bertz CT molecular complexity index is 365. The second kappa shape index (κ2) is 3.38. The molecule has 0 aromatic carbocycles. The normalized spacial score (nSPS) is 11.8. The van der Waals surface area contributed by atoms with Crippen LogP contribution in [0.25, 0.3) is 6.08 Å². The van der Waals surface area contributed by atoms with Gasteiger partial charge in [-0.05, 0) is 6.92 Å². The summed E-state index contributed by atoms with van der Waals surface area (Å²) in [4.78, 5) is 9.92. The molecular weight excluding hydrogens is 170 g/mol. The fourth-order valence-electron chi connectivity index (χ4n) is 1.04. The van der Waals surface area contributed by atoms with Gasteiger partial charge < -0.3 is 0 Å². The summed E-state index contributed by atoms with van der Waals surface area (Å²) in [6, 6.07) is 0. The molecule has 70 valence electrons. The van der Waals surface area contributed by atoms with E-state index in [1.54, 1.807) is 17.9 Å². The third-order valence-corrected chi connectivity index (χ3v) is 1.70. The molecule has 0 spiro atoms. The molecule has 0 saturated heterocycles. The molecule has 0 atom stereocenters. The van der Waals surface area contributed by atoms with Crippen molar-refractivity contribution in [1.29, 1.82) is 0 Å². The van der Waals surface area contributed by atoms with Crippen molar-refractivity contribution in [3.8, 4) is 0 Å². The van der Waals surface area contributed by atoms with Crippen LogP contribution in [0.3, 0.4) is 0 Å². The molecule has 1 rings (SSSR count). The van der Waals surface area contributed by atoms with Crippen LogP contribution in [0.15, 0.2) is 11.9 Å². The number of nitro groups is 1. The highest BCUT2D eigenvalue weighted by molar-refractivity contribution is 5.51. The van der Waals surface area contributed by atoms with Gasteiger partial charge in [-0.15, -0.1) is 0 Å². The number of hydrogen-bond donors (Lipinski definition) is 0. The minimum Gasteiger partial charge on any atom is -0.275 e. The van der Waals surface area contributed by atoms with Gasteiger partial charge in [-0.25, -0.2) is 0 Å². The molecule has 0 aliphatic rings. The first kappa shape index (κ1) is 9.44. The summed E-state index contributed by atoms with van der Waals surface area (Å²) in [6.45, 7) is 3.28. The largest absolute Gasteiger partial charge is 0.275 e. The van der Waals surface area contributed by atoms with Crippen molar-refractivity contribution in [2.75, 3.05) is 0 Å². The monoisotopic (exact) mass is 181 g/mol. The quantitative estimate of drug-likeness (QED) is 0.511. The summed E-state index contributed by atoms with van der Waals surface area (Å²) in [5.41, 5.74) is 1.71. The Kier molecular flexibility index (Phi) is 2.46. The molecule has 0 aliphatic heterocycles. The molecule has 0 unspecified atom stereocenters. The topological polar surface area (TPSA) is 61.0 Å². The van der Waals surface area contributed by atoms with Crippen LogP contribution in [0.5, 0.6) is 0 Å². The predicted molar refractivity (Wildman–Crippen MR) is 48.6 cm³/mol. The van der Waals surface area contributed by atoms with E-state index in [1.165, 1.54) is 13.0 Å². The first-order valence-electron chi connectivity index (χ1n) is 3.83. The van der Waals surface area contributed by atoms with Crippen LogP contribution in [-0.2, 0) is 7.05 Å². The Morgan fingerprint density at radius 3 is 2.77 bits per heavy atom. The average molecular weight is 181 g/mol. The SMILES string of the molecule is CC(=Cc1cn(C)nc1C)[N+](=O)[O-]. The van der Waals surface area contributed by atoms with Crippen LogP contribution in [0, 0.1) is 17.0 Å². The molecule has 13 heavy (non-hydrogen) atoms. The van der Waals surface area contributed by atoms with Crippen LogP contribution in [0.1, 0.15) is 18.2 Å². The minimum atomic E-state index is -0.410. The van der Waals surface area contributed by atoms with E-state index in [2.05, 4.69) is 5.10 Å². The van der Waals surface area contributed by atoms with Gasteiger partial charge in [0.2, 0.25) is 5.70 Å². The van der Waals surface area contributed by atoms with Gasteiger partial charge in [-0.2, -0.15) is 5.10 Å². The van der Waals surface area contributed by atoms with E-state index in [0.29, 0.717) is 0 Å². The zero-order valence-corrected chi connectivity index (χ0v) is 7.81. The molecule has 0 fully saturated rings. The van der Waals surface area contributed by atoms with Crippen molar-refractivity contribution in [3.63, 3.8) is 0 Å². The van der Waals surface area contributed by atoms with Gasteiger partial charge in [0.05, 0.1) is 10.6 Å². The number of nitrogens with zero attached hydrogens (tertiary/aromatic N) is 3. The lowest BCUT2D eigenvalue weighted by molar-refractivity contribution is -0.422. The first-order valence-corrected chi connectivity index (χ1v) is 3.83. The number of allylic oxidation sites excluding steroid dienone is 1. The van der Waals surface area contributed by atoms with E-state index in [-0.39, 0.29) is 5.70 Å². The summed E-state index contributed by atoms with van der Waals surface area (Å²) in [5.74, 6) is 0. The molecule has 1 aromatic heterocycles. The van der Waals surface area contributed by atoms with Crippen molar-refractivity contribution in [3.05, 3.63) is 33.3 Å². The van der Waals surface area contributed by atoms with Gasteiger partial charge in [0, 0.05) is 31.8 Å². The van der Waals surface area contributed by atoms with E-state index in [4.69, 9.17) is 0 Å². The molecule has 1 heterocycles. The molecule has 0 radical (unpaired) electrons. The molecule has 5 heteroatoms. The first-order chi connectivity index (χ1) is 6.00. The Morgan fingerprint density at radius 1 is 1.77 bits per heavy atom. The lowest BCUT2D eigenvalue weighted by Gasteiger charge is -1.88. The predicted octanol–water partition coefficient (Wildman–Crippen LogP) is 1.37. The zero-order valence-electron chi connectivity index (χ0n) is 7.81. The molecular formula is C8H11N3O2. The number of aromatic nitrogens is 2. The van der Waals surface area contributed by atoms with Crippen molar-refractivity contribution in [2.45, 2.75) is 13.8 Å². The maximum atomic E-state index is 10.3. The molecule has 1 aromatic rings. The zero-order chi connectivity index (χ0) is 10.0. The van der Waals surface area contributed by atoms with Gasteiger partial charge in [-0.3, -0.25) is 14.8 Å². The van der Waals surface area contributed by atoms with Crippen LogP contribution in [0.2, 0.25) is 0 Å². The van der Waals surface area contributed by atoms with Gasteiger partial charge in [0.1, 0.15) is 0 Å². The van der Waals surface area contributed by atoms with E-state index < -0.39 is 4.92 Å². The molecule has 0 amide bonds. The number of hydrogen-bond acceptors (Lipinski definition) is 3. The van der Waals surface area contributed by atoms with Gasteiger partial charge >= 0.3 is 0 Å². The van der Waals surface area contributed by atoms with Crippen molar-refractivity contribution in [1.82, 2.24) is 9.78 Å². The summed E-state index contributed by atoms with van der Waals surface area (Å²) in [6.07, 6.45) is 3.27. The van der Waals surface area contributed by atoms with Crippen LogP contribution >= 0.6 is 0 Å². The molecule has 5 nitrogen and oxygen atoms in total. The lowest BCUT2D eigenvalue weighted by atomic mass is 10.2. The smallest absolute Gasteiger partial charge is 0.243 e. The standard InChI is InChI=1S/C8H11N3O2/c1-6(11(12)13)4-8-5-10(3)9-7(8)2/h4-5H,1-3H3. The van der Waals surface area contributed by atoms with E-state index >= 15 is 0 Å². The molecule has 0 saturated carbocycles. The third kappa shape index (κ3) is 2.14. The van der Waals surface area contributed by atoms with E-state index in [1.807, 2.05) is 6.92 Å². The van der Waals surface area contributed by atoms with Gasteiger partial charge in [0.25, 0.3) is 0 Å². The summed E-state index contributed by atoms with van der Waals surface area (Å²) in [5, 5.41) is 14.4. The Morgan fingerprint density at radius 2 is 2.38 bits per heavy atom. The van der Waals surface area contributed by atoms with Gasteiger partial charge in [0.15, 0.2) is 0 Å². The summed E-state index contributed by atoms with van der Waals surface area (Å²) < 4.78 is 1.63.